The summed E-state index contributed by atoms with van der Waals surface area (Å²) in [5, 5.41) is 4.19. The standard InChI is InChI=1S/C18H15P.C6H10Cl2O/c1-4-10-16(11-5-1)19(17-12-6-2-7-13-17)18-14-8-3-9-15-18;7-4-2-1-3-6(9)5-8/h1-15H;1-5H2. The Balaban J connectivity index is 0.000000266. The van der Waals surface area contributed by atoms with Gasteiger partial charge in [-0.25, -0.2) is 0 Å². The van der Waals surface area contributed by atoms with E-state index in [1.165, 1.54) is 15.9 Å². The number of carbonyl (C=O) groups excluding carboxylic acids is 1. The molecule has 0 saturated carbocycles. The van der Waals surface area contributed by atoms with E-state index in [1.54, 1.807) is 0 Å². The lowest BCUT2D eigenvalue weighted by Gasteiger charge is -2.18. The molecule has 0 heterocycles. The van der Waals surface area contributed by atoms with Crippen molar-refractivity contribution < 1.29 is 4.79 Å². The van der Waals surface area contributed by atoms with Crippen LogP contribution in [0.25, 0.3) is 0 Å². The van der Waals surface area contributed by atoms with Crippen molar-refractivity contribution in [3.05, 3.63) is 91.0 Å². The van der Waals surface area contributed by atoms with Crippen LogP contribution in [0.5, 0.6) is 0 Å². The van der Waals surface area contributed by atoms with E-state index >= 15 is 0 Å². The molecule has 28 heavy (non-hydrogen) atoms. The summed E-state index contributed by atoms with van der Waals surface area (Å²) in [7, 11) is -0.446. The van der Waals surface area contributed by atoms with Gasteiger partial charge in [0.1, 0.15) is 5.78 Å². The second kappa shape index (κ2) is 13.5. The van der Waals surface area contributed by atoms with E-state index in [2.05, 4.69) is 91.0 Å². The Morgan fingerprint density at radius 2 is 1.04 bits per heavy atom. The number of ketones is 1. The molecule has 0 unspecified atom stereocenters. The van der Waals surface area contributed by atoms with Crippen LogP contribution in [-0.2, 0) is 4.79 Å². The van der Waals surface area contributed by atoms with Crippen molar-refractivity contribution in [3.63, 3.8) is 0 Å². The third-order valence-electron chi connectivity index (χ3n) is 4.03. The third kappa shape index (κ3) is 7.76. The van der Waals surface area contributed by atoms with E-state index in [0.29, 0.717) is 12.3 Å². The Labute approximate surface area is 179 Å². The molecule has 0 fully saturated rings. The van der Waals surface area contributed by atoms with Crippen LogP contribution in [-0.4, -0.2) is 17.5 Å². The van der Waals surface area contributed by atoms with Crippen LogP contribution in [0.4, 0.5) is 0 Å². The number of hydrogen-bond donors (Lipinski definition) is 0. The Kier molecular flexibility index (Phi) is 10.9. The van der Waals surface area contributed by atoms with Crippen molar-refractivity contribution in [2.45, 2.75) is 19.3 Å². The first kappa shape index (κ1) is 22.6. The molecule has 0 aliphatic heterocycles. The predicted molar refractivity (Wildman–Crippen MR) is 125 cm³/mol. The minimum Gasteiger partial charge on any atom is -0.298 e. The molecular formula is C24H25Cl2OP. The van der Waals surface area contributed by atoms with Crippen molar-refractivity contribution in [2.24, 2.45) is 0 Å². The van der Waals surface area contributed by atoms with E-state index in [0.717, 1.165) is 12.8 Å². The van der Waals surface area contributed by atoms with Crippen molar-refractivity contribution in [3.8, 4) is 0 Å². The number of hydrogen-bond acceptors (Lipinski definition) is 1. The van der Waals surface area contributed by atoms with Crippen molar-refractivity contribution in [2.75, 3.05) is 11.8 Å². The van der Waals surface area contributed by atoms with E-state index in [-0.39, 0.29) is 11.7 Å². The zero-order chi connectivity index (χ0) is 20.0. The zero-order valence-electron chi connectivity index (χ0n) is 15.8. The first-order valence-corrected chi connectivity index (χ1v) is 11.8. The number of Topliss-reactive ketones (excluding diaryl/α,β-unsaturated/α-hetero) is 1. The fraction of sp³-hybridized carbons (Fsp3) is 0.208. The molecule has 0 atom stereocenters. The molecule has 0 aliphatic carbocycles. The Morgan fingerprint density at radius 3 is 1.36 bits per heavy atom. The average molecular weight is 431 g/mol. The molecule has 3 aromatic rings. The van der Waals surface area contributed by atoms with Gasteiger partial charge in [0.15, 0.2) is 0 Å². The lowest BCUT2D eigenvalue weighted by Crippen LogP contribution is -2.20. The van der Waals surface area contributed by atoms with Crippen LogP contribution in [0.3, 0.4) is 0 Å². The highest BCUT2D eigenvalue weighted by Crippen LogP contribution is 2.32. The topological polar surface area (TPSA) is 17.1 Å². The Hall–Kier alpha value is -1.66. The monoisotopic (exact) mass is 430 g/mol. The quantitative estimate of drug-likeness (QED) is 0.256. The first-order valence-electron chi connectivity index (χ1n) is 9.35. The smallest absolute Gasteiger partial charge is 0.147 e. The van der Waals surface area contributed by atoms with Gasteiger partial charge >= 0.3 is 0 Å². The van der Waals surface area contributed by atoms with Gasteiger partial charge in [0, 0.05) is 12.3 Å². The second-order valence-corrected chi connectivity index (χ2v) is 9.03. The molecule has 146 valence electrons. The minimum atomic E-state index is -0.446. The largest absolute Gasteiger partial charge is 0.298 e. The molecule has 0 bridgehead atoms. The number of halogens is 2. The molecule has 0 spiro atoms. The number of alkyl halides is 2. The molecule has 0 saturated heterocycles. The van der Waals surface area contributed by atoms with Gasteiger partial charge in [-0.1, -0.05) is 91.0 Å². The van der Waals surface area contributed by atoms with Crippen LogP contribution in [0.15, 0.2) is 91.0 Å². The fourth-order valence-corrected chi connectivity index (χ4v) is 5.29. The summed E-state index contributed by atoms with van der Waals surface area (Å²) in [5.74, 6) is 0.888. The zero-order valence-corrected chi connectivity index (χ0v) is 18.2. The third-order valence-corrected chi connectivity index (χ3v) is 7.04. The SMILES string of the molecule is O=C(CCl)CCCCCl.c1ccc(P(c2ccccc2)c2ccccc2)cc1. The van der Waals surface area contributed by atoms with Crippen LogP contribution >= 0.6 is 31.1 Å². The van der Waals surface area contributed by atoms with Gasteiger partial charge in [0.05, 0.1) is 5.88 Å². The summed E-state index contributed by atoms with van der Waals surface area (Å²) in [5.41, 5.74) is 0. The number of unbranched alkanes of at least 4 members (excludes halogenated alkanes) is 1. The normalized spacial score (nSPS) is 10.2. The van der Waals surface area contributed by atoms with E-state index < -0.39 is 7.92 Å². The first-order chi connectivity index (χ1) is 13.8. The Morgan fingerprint density at radius 1 is 0.643 bits per heavy atom. The molecule has 1 nitrogen and oxygen atoms in total. The molecule has 0 amide bonds. The molecule has 4 heteroatoms. The van der Waals surface area contributed by atoms with Crippen molar-refractivity contribution in [1.29, 1.82) is 0 Å². The summed E-state index contributed by atoms with van der Waals surface area (Å²) in [6, 6.07) is 32.3. The van der Waals surface area contributed by atoms with Gasteiger partial charge in [-0.15, -0.1) is 23.2 Å². The highest BCUT2D eigenvalue weighted by molar-refractivity contribution is 7.79. The predicted octanol–water partition coefficient (Wildman–Crippen LogP) is 5.65. The van der Waals surface area contributed by atoms with Gasteiger partial charge in [-0.2, -0.15) is 0 Å². The maximum Gasteiger partial charge on any atom is 0.147 e. The van der Waals surface area contributed by atoms with E-state index in [1.807, 2.05) is 0 Å². The van der Waals surface area contributed by atoms with Crippen LogP contribution in [0.2, 0.25) is 0 Å². The maximum atomic E-state index is 10.5. The Bertz CT molecular complexity index is 701. The lowest BCUT2D eigenvalue weighted by atomic mass is 10.2. The summed E-state index contributed by atoms with van der Waals surface area (Å²) in [6.45, 7) is 0. The van der Waals surface area contributed by atoms with E-state index in [9.17, 15) is 4.79 Å². The fourth-order valence-electron chi connectivity index (χ4n) is 2.66. The summed E-state index contributed by atoms with van der Waals surface area (Å²) in [4.78, 5) is 10.5. The van der Waals surface area contributed by atoms with Crippen molar-refractivity contribution >= 4 is 52.8 Å². The van der Waals surface area contributed by atoms with Gasteiger partial charge in [0.25, 0.3) is 0 Å². The number of carbonyl (C=O) groups is 1. The van der Waals surface area contributed by atoms with Crippen LogP contribution in [0, 0.1) is 0 Å². The molecule has 0 aliphatic rings. The molecule has 0 radical (unpaired) electrons. The molecule has 0 aromatic heterocycles. The minimum absolute atomic E-state index is 0.113. The van der Waals surface area contributed by atoms with Gasteiger partial charge in [-0.05, 0) is 36.7 Å². The van der Waals surface area contributed by atoms with Gasteiger partial charge in [-0.3, -0.25) is 4.79 Å². The summed E-state index contributed by atoms with van der Waals surface area (Å²) < 4.78 is 0. The van der Waals surface area contributed by atoms with Gasteiger partial charge in [0.2, 0.25) is 0 Å². The van der Waals surface area contributed by atoms with Gasteiger partial charge < -0.3 is 0 Å². The van der Waals surface area contributed by atoms with E-state index in [4.69, 9.17) is 23.2 Å². The highest BCUT2D eigenvalue weighted by atomic mass is 35.5. The molecule has 3 aromatic carbocycles. The van der Waals surface area contributed by atoms with Crippen LogP contribution in [0.1, 0.15) is 19.3 Å². The van der Waals surface area contributed by atoms with Crippen LogP contribution < -0.4 is 15.9 Å². The summed E-state index contributed by atoms with van der Waals surface area (Å²) in [6.07, 6.45) is 2.36. The lowest BCUT2D eigenvalue weighted by molar-refractivity contribution is -0.116. The molecular weight excluding hydrogens is 406 g/mol. The molecule has 3 rings (SSSR count). The number of rotatable bonds is 8. The average Bonchev–Trinajstić information content (AvgIpc) is 2.77. The highest BCUT2D eigenvalue weighted by Gasteiger charge is 2.14. The second-order valence-electron chi connectivity index (χ2n) is 6.16. The summed E-state index contributed by atoms with van der Waals surface area (Å²) >= 11 is 10.6. The molecule has 0 N–H and O–H groups in total. The van der Waals surface area contributed by atoms with Crippen molar-refractivity contribution in [1.82, 2.24) is 0 Å². The number of benzene rings is 3. The maximum absolute atomic E-state index is 10.5.